The molecule has 0 fully saturated rings. The molecule has 0 aliphatic carbocycles. The number of Topliss-reactive ketones (excluding diaryl/α,β-unsaturated/α-hetero) is 1. The summed E-state index contributed by atoms with van der Waals surface area (Å²) >= 11 is 0. The van der Waals surface area contributed by atoms with Gasteiger partial charge in [0.2, 0.25) is 0 Å². The molecule has 0 bridgehead atoms. The highest BCUT2D eigenvalue weighted by atomic mass is 19.1. The Hall–Kier alpha value is -2.47. The van der Waals surface area contributed by atoms with E-state index in [1.54, 1.807) is 37.3 Å². The first-order valence-electron chi connectivity index (χ1n) is 5.88. The van der Waals surface area contributed by atoms with Crippen LogP contribution in [0.4, 0.5) is 4.39 Å². The van der Waals surface area contributed by atoms with Gasteiger partial charge in [0.1, 0.15) is 11.7 Å². The number of ketones is 1. The van der Waals surface area contributed by atoms with E-state index in [2.05, 4.69) is 0 Å². The smallest absolute Gasteiger partial charge is 0.184 e. The van der Waals surface area contributed by atoms with E-state index in [0.717, 1.165) is 0 Å². The van der Waals surface area contributed by atoms with Gasteiger partial charge in [-0.2, -0.15) is 5.26 Å². The monoisotopic (exact) mass is 253 g/mol. The van der Waals surface area contributed by atoms with Crippen LogP contribution < -0.4 is 0 Å². The highest BCUT2D eigenvalue weighted by molar-refractivity contribution is 6.02. The first-order chi connectivity index (χ1) is 9.11. The second-order valence-corrected chi connectivity index (χ2v) is 4.35. The van der Waals surface area contributed by atoms with Crippen molar-refractivity contribution in [1.29, 1.82) is 5.26 Å². The minimum Gasteiger partial charge on any atom is -0.292 e. The van der Waals surface area contributed by atoms with Gasteiger partial charge in [0, 0.05) is 5.56 Å². The quantitative estimate of drug-likeness (QED) is 0.784. The van der Waals surface area contributed by atoms with Gasteiger partial charge in [-0.25, -0.2) is 4.39 Å². The normalized spacial score (nSPS) is 11.6. The molecule has 0 aliphatic heterocycles. The third-order valence-corrected chi connectivity index (χ3v) is 2.85. The molecule has 3 heteroatoms. The van der Waals surface area contributed by atoms with Crippen LogP contribution in [0.5, 0.6) is 0 Å². The summed E-state index contributed by atoms with van der Waals surface area (Å²) in [6.45, 7) is 1.71. The van der Waals surface area contributed by atoms with Crippen molar-refractivity contribution in [3.8, 4) is 6.07 Å². The van der Waals surface area contributed by atoms with E-state index in [9.17, 15) is 14.4 Å². The summed E-state index contributed by atoms with van der Waals surface area (Å²) in [5, 5.41) is 9.19. The van der Waals surface area contributed by atoms with Crippen LogP contribution in [-0.2, 0) is 0 Å². The first-order valence-corrected chi connectivity index (χ1v) is 5.88. The lowest BCUT2D eigenvalue weighted by Crippen LogP contribution is -2.11. The topological polar surface area (TPSA) is 40.9 Å². The second kappa shape index (κ2) is 5.45. The minimum atomic E-state index is -0.901. The average Bonchev–Trinajstić information content (AvgIpc) is 2.39. The van der Waals surface area contributed by atoms with Crippen LogP contribution in [-0.4, -0.2) is 5.78 Å². The maximum atomic E-state index is 13.3. The van der Waals surface area contributed by atoms with Crippen molar-refractivity contribution in [2.24, 2.45) is 0 Å². The van der Waals surface area contributed by atoms with Crippen molar-refractivity contribution in [3.63, 3.8) is 0 Å². The van der Waals surface area contributed by atoms with Crippen LogP contribution in [0.2, 0.25) is 0 Å². The lowest BCUT2D eigenvalue weighted by molar-refractivity contribution is 0.0978. The molecule has 2 aromatic rings. The van der Waals surface area contributed by atoms with Gasteiger partial charge in [0.25, 0.3) is 0 Å². The largest absolute Gasteiger partial charge is 0.292 e. The van der Waals surface area contributed by atoms with Crippen LogP contribution in [0.1, 0.15) is 27.4 Å². The molecule has 2 rings (SSSR count). The molecule has 0 saturated carbocycles. The van der Waals surface area contributed by atoms with Gasteiger partial charge in [-0.1, -0.05) is 30.3 Å². The molecule has 1 atom stereocenters. The summed E-state index contributed by atoms with van der Waals surface area (Å²) in [6.07, 6.45) is 0. The fraction of sp³-hybridized carbons (Fsp3) is 0.125. The van der Waals surface area contributed by atoms with Gasteiger partial charge in [-0.3, -0.25) is 4.79 Å². The Morgan fingerprint density at radius 2 is 1.89 bits per heavy atom. The predicted octanol–water partition coefficient (Wildman–Crippen LogP) is 3.62. The number of aryl methyl sites for hydroxylation is 1. The average molecular weight is 253 g/mol. The molecule has 0 aromatic heterocycles. The Morgan fingerprint density at radius 1 is 1.21 bits per heavy atom. The molecule has 0 spiro atoms. The van der Waals surface area contributed by atoms with Crippen molar-refractivity contribution < 1.29 is 9.18 Å². The van der Waals surface area contributed by atoms with Crippen molar-refractivity contribution in [3.05, 3.63) is 71.0 Å². The van der Waals surface area contributed by atoms with Crippen LogP contribution >= 0.6 is 0 Å². The van der Waals surface area contributed by atoms with E-state index in [0.29, 0.717) is 11.1 Å². The molecular weight excluding hydrogens is 241 g/mol. The summed E-state index contributed by atoms with van der Waals surface area (Å²) < 4.78 is 13.3. The van der Waals surface area contributed by atoms with Gasteiger partial charge in [-0.15, -0.1) is 0 Å². The molecule has 2 nitrogen and oxygen atoms in total. The molecular formula is C16H12FNO. The summed E-state index contributed by atoms with van der Waals surface area (Å²) in [6, 6.07) is 14.9. The number of rotatable bonds is 3. The molecule has 0 radical (unpaired) electrons. The summed E-state index contributed by atoms with van der Waals surface area (Å²) in [5.74, 6) is -1.74. The number of hydrogen-bond donors (Lipinski definition) is 0. The van der Waals surface area contributed by atoms with E-state index >= 15 is 0 Å². The van der Waals surface area contributed by atoms with Crippen LogP contribution in [0, 0.1) is 24.1 Å². The van der Waals surface area contributed by atoms with E-state index in [1.807, 2.05) is 12.1 Å². The van der Waals surface area contributed by atoms with Gasteiger partial charge < -0.3 is 0 Å². The Kier molecular flexibility index (Phi) is 3.72. The van der Waals surface area contributed by atoms with Crippen LogP contribution in [0.3, 0.4) is 0 Å². The number of benzene rings is 2. The molecule has 0 N–H and O–H groups in total. The lowest BCUT2D eigenvalue weighted by Gasteiger charge is -2.09. The Labute approximate surface area is 111 Å². The molecule has 0 heterocycles. The summed E-state index contributed by atoms with van der Waals surface area (Å²) in [5.41, 5.74) is 1.51. The zero-order valence-corrected chi connectivity index (χ0v) is 10.4. The standard InChI is InChI=1S/C16H12FNO/c1-11-7-13(9-14(17)8-11)16(19)15(10-18)12-5-3-2-4-6-12/h2-9,15H,1H3. The lowest BCUT2D eigenvalue weighted by atomic mass is 9.91. The van der Waals surface area contributed by atoms with E-state index in [1.165, 1.54) is 12.1 Å². The highest BCUT2D eigenvalue weighted by Crippen LogP contribution is 2.21. The second-order valence-electron chi connectivity index (χ2n) is 4.35. The Balaban J connectivity index is 2.40. The molecule has 19 heavy (non-hydrogen) atoms. The third-order valence-electron chi connectivity index (χ3n) is 2.85. The van der Waals surface area contributed by atoms with Gasteiger partial charge in [0.15, 0.2) is 5.78 Å². The number of nitrogens with zero attached hydrogens (tertiary/aromatic N) is 1. The Bertz CT molecular complexity index is 623. The van der Waals surface area contributed by atoms with Crippen molar-refractivity contribution in [2.75, 3.05) is 0 Å². The fourth-order valence-electron chi connectivity index (χ4n) is 1.98. The molecule has 0 aliphatic rings. The predicted molar refractivity (Wildman–Crippen MR) is 70.3 cm³/mol. The zero-order valence-electron chi connectivity index (χ0n) is 10.4. The maximum absolute atomic E-state index is 13.3. The summed E-state index contributed by atoms with van der Waals surface area (Å²) in [7, 11) is 0. The number of nitriles is 1. The molecule has 2 aromatic carbocycles. The highest BCUT2D eigenvalue weighted by Gasteiger charge is 2.22. The fourth-order valence-corrected chi connectivity index (χ4v) is 1.98. The van der Waals surface area contributed by atoms with E-state index < -0.39 is 11.7 Å². The maximum Gasteiger partial charge on any atom is 0.184 e. The van der Waals surface area contributed by atoms with Crippen LogP contribution in [0.25, 0.3) is 0 Å². The van der Waals surface area contributed by atoms with Gasteiger partial charge >= 0.3 is 0 Å². The van der Waals surface area contributed by atoms with Crippen molar-refractivity contribution in [1.82, 2.24) is 0 Å². The SMILES string of the molecule is Cc1cc(F)cc(C(=O)C(C#N)c2ccccc2)c1. The molecule has 0 saturated heterocycles. The van der Waals surface area contributed by atoms with E-state index in [4.69, 9.17) is 0 Å². The van der Waals surface area contributed by atoms with Crippen molar-refractivity contribution >= 4 is 5.78 Å². The first kappa shape index (κ1) is 13.0. The minimum absolute atomic E-state index is 0.230. The van der Waals surface area contributed by atoms with Crippen molar-refractivity contribution in [2.45, 2.75) is 12.8 Å². The van der Waals surface area contributed by atoms with Crippen LogP contribution in [0.15, 0.2) is 48.5 Å². The zero-order chi connectivity index (χ0) is 13.8. The van der Waals surface area contributed by atoms with Gasteiger partial charge in [-0.05, 0) is 36.2 Å². The van der Waals surface area contributed by atoms with Gasteiger partial charge in [0.05, 0.1) is 6.07 Å². The Morgan fingerprint density at radius 3 is 2.47 bits per heavy atom. The number of hydrogen-bond acceptors (Lipinski definition) is 2. The number of halogens is 1. The molecule has 1 unspecified atom stereocenters. The summed E-state index contributed by atoms with van der Waals surface area (Å²) in [4.78, 5) is 12.3. The molecule has 94 valence electrons. The third kappa shape index (κ3) is 2.86. The number of carbonyl (C=O) groups is 1. The number of carbonyl (C=O) groups excluding carboxylic acids is 1. The molecule has 0 amide bonds. The van der Waals surface area contributed by atoms with E-state index in [-0.39, 0.29) is 11.3 Å².